The number of aryl methyl sites for hydroxylation is 1. The zero-order chi connectivity index (χ0) is 13.8. The molecule has 19 heavy (non-hydrogen) atoms. The van der Waals surface area contributed by atoms with Crippen molar-refractivity contribution in [2.24, 2.45) is 5.92 Å². The summed E-state index contributed by atoms with van der Waals surface area (Å²) in [4.78, 5) is 0. The third-order valence-electron chi connectivity index (χ3n) is 4.31. The van der Waals surface area contributed by atoms with Crippen molar-refractivity contribution in [1.29, 1.82) is 0 Å². The Morgan fingerprint density at radius 1 is 1.21 bits per heavy atom. The Bertz CT molecular complexity index is 425. The predicted octanol–water partition coefficient (Wildman–Crippen LogP) is 4.50. The second kappa shape index (κ2) is 6.47. The lowest BCUT2D eigenvalue weighted by Gasteiger charge is -2.27. The average Bonchev–Trinajstić information content (AvgIpc) is 2.43. The third-order valence-corrected chi connectivity index (χ3v) is 4.31. The van der Waals surface area contributed by atoms with E-state index in [1.165, 1.54) is 44.2 Å². The van der Waals surface area contributed by atoms with Gasteiger partial charge in [0.25, 0.3) is 0 Å². The molecule has 0 saturated heterocycles. The van der Waals surface area contributed by atoms with Gasteiger partial charge in [-0.25, -0.2) is 8.78 Å². The van der Waals surface area contributed by atoms with E-state index in [0.29, 0.717) is 11.5 Å². The molecule has 1 aliphatic carbocycles. The Hall–Kier alpha value is -0.960. The molecule has 1 aromatic carbocycles. The van der Waals surface area contributed by atoms with Gasteiger partial charge >= 0.3 is 0 Å². The van der Waals surface area contributed by atoms with Crippen LogP contribution in [0, 0.1) is 24.5 Å². The van der Waals surface area contributed by atoms with Crippen LogP contribution in [0.15, 0.2) is 12.1 Å². The van der Waals surface area contributed by atoms with Crippen LogP contribution in [0.4, 0.5) is 8.78 Å². The highest BCUT2D eigenvalue weighted by Gasteiger charge is 2.24. The van der Waals surface area contributed by atoms with Crippen LogP contribution in [0.3, 0.4) is 0 Å². The number of nitrogens with one attached hydrogen (secondary N) is 1. The lowest BCUT2D eigenvalue weighted by atomic mass is 9.83. The van der Waals surface area contributed by atoms with Gasteiger partial charge < -0.3 is 5.32 Å². The van der Waals surface area contributed by atoms with Crippen LogP contribution in [0.5, 0.6) is 0 Å². The fraction of sp³-hybridized carbons (Fsp3) is 0.625. The van der Waals surface area contributed by atoms with Gasteiger partial charge in [0.2, 0.25) is 0 Å². The molecule has 1 N–H and O–H groups in total. The van der Waals surface area contributed by atoms with Crippen LogP contribution in [0.2, 0.25) is 0 Å². The monoisotopic (exact) mass is 267 g/mol. The van der Waals surface area contributed by atoms with Crippen LogP contribution < -0.4 is 5.32 Å². The molecular weight excluding hydrogens is 244 g/mol. The maximum Gasteiger partial charge on any atom is 0.133 e. The number of halogens is 2. The topological polar surface area (TPSA) is 12.0 Å². The van der Waals surface area contributed by atoms with Crippen molar-refractivity contribution in [3.63, 3.8) is 0 Å². The van der Waals surface area contributed by atoms with E-state index >= 15 is 0 Å². The molecule has 0 radical (unpaired) electrons. The molecule has 1 unspecified atom stereocenters. The molecule has 1 saturated carbocycles. The summed E-state index contributed by atoms with van der Waals surface area (Å²) in [6.07, 6.45) is 7.00. The summed E-state index contributed by atoms with van der Waals surface area (Å²) in [5.41, 5.74) is 0.730. The Morgan fingerprint density at radius 3 is 2.53 bits per heavy atom. The van der Waals surface area contributed by atoms with E-state index in [1.807, 2.05) is 0 Å². The minimum absolute atomic E-state index is 0.216. The van der Waals surface area contributed by atoms with Crippen molar-refractivity contribution in [2.45, 2.75) is 51.5 Å². The fourth-order valence-corrected chi connectivity index (χ4v) is 3.13. The Balaban J connectivity index is 2.19. The fourth-order valence-electron chi connectivity index (χ4n) is 3.13. The number of hydrogen-bond donors (Lipinski definition) is 1. The standard InChI is InChI=1S/C16H23F2N/c1-11-8-9-13(17)15(16(11)18)14(19-2)10-12-6-4-3-5-7-12/h8-9,12,14,19H,3-7,10H2,1-2H3. The van der Waals surface area contributed by atoms with Crippen LogP contribution in [-0.4, -0.2) is 7.05 Å². The van der Waals surface area contributed by atoms with E-state index in [1.54, 1.807) is 14.0 Å². The third kappa shape index (κ3) is 3.33. The Labute approximate surface area is 114 Å². The SMILES string of the molecule is CNC(CC1CCCCC1)c1c(F)ccc(C)c1F. The summed E-state index contributed by atoms with van der Waals surface area (Å²) in [6, 6.07) is 2.66. The van der Waals surface area contributed by atoms with Gasteiger partial charge in [-0.1, -0.05) is 38.2 Å². The van der Waals surface area contributed by atoms with Gasteiger partial charge in [-0.2, -0.15) is 0 Å². The summed E-state index contributed by atoms with van der Waals surface area (Å²) in [5.74, 6) is -0.237. The van der Waals surface area contributed by atoms with Crippen LogP contribution in [0.1, 0.15) is 55.7 Å². The highest BCUT2D eigenvalue weighted by atomic mass is 19.1. The van der Waals surface area contributed by atoms with Crippen LogP contribution >= 0.6 is 0 Å². The van der Waals surface area contributed by atoms with Gasteiger partial charge in [0, 0.05) is 11.6 Å². The minimum Gasteiger partial charge on any atom is -0.313 e. The molecule has 0 aromatic heterocycles. The maximum absolute atomic E-state index is 14.2. The lowest BCUT2D eigenvalue weighted by Crippen LogP contribution is -2.23. The summed E-state index contributed by atoms with van der Waals surface area (Å²) < 4.78 is 28.1. The first kappa shape index (κ1) is 14.4. The van der Waals surface area contributed by atoms with E-state index in [2.05, 4.69) is 5.32 Å². The second-order valence-corrected chi connectivity index (χ2v) is 5.67. The summed E-state index contributed by atoms with van der Waals surface area (Å²) in [6.45, 7) is 1.69. The molecule has 0 bridgehead atoms. The van der Waals surface area contributed by atoms with Gasteiger partial charge in [0.15, 0.2) is 0 Å². The largest absolute Gasteiger partial charge is 0.313 e. The first-order chi connectivity index (χ1) is 9.13. The quantitative estimate of drug-likeness (QED) is 0.846. The van der Waals surface area contributed by atoms with Gasteiger partial charge in [-0.3, -0.25) is 0 Å². The predicted molar refractivity (Wildman–Crippen MR) is 74.1 cm³/mol. The average molecular weight is 267 g/mol. The molecule has 1 atom stereocenters. The van der Waals surface area contributed by atoms with Crippen LogP contribution in [0.25, 0.3) is 0 Å². The molecule has 1 fully saturated rings. The number of hydrogen-bond acceptors (Lipinski definition) is 1. The molecule has 1 aliphatic rings. The van der Waals surface area contributed by atoms with E-state index < -0.39 is 11.6 Å². The Kier molecular flexibility index (Phi) is 4.92. The summed E-state index contributed by atoms with van der Waals surface area (Å²) in [5, 5.41) is 3.09. The van der Waals surface area contributed by atoms with Crippen molar-refractivity contribution >= 4 is 0 Å². The van der Waals surface area contributed by atoms with Gasteiger partial charge in [0.1, 0.15) is 11.6 Å². The van der Waals surface area contributed by atoms with Gasteiger partial charge in [-0.15, -0.1) is 0 Å². The zero-order valence-corrected chi connectivity index (χ0v) is 11.8. The van der Waals surface area contributed by atoms with Crippen molar-refractivity contribution in [3.05, 3.63) is 34.9 Å². The van der Waals surface area contributed by atoms with E-state index in [4.69, 9.17) is 0 Å². The van der Waals surface area contributed by atoms with Gasteiger partial charge in [0.05, 0.1) is 0 Å². The first-order valence-corrected chi connectivity index (χ1v) is 7.25. The number of benzene rings is 1. The van der Waals surface area contributed by atoms with Crippen LogP contribution in [-0.2, 0) is 0 Å². The van der Waals surface area contributed by atoms with Crippen molar-refractivity contribution in [2.75, 3.05) is 7.05 Å². The highest BCUT2D eigenvalue weighted by molar-refractivity contribution is 5.29. The van der Waals surface area contributed by atoms with E-state index in [0.717, 1.165) is 6.42 Å². The first-order valence-electron chi connectivity index (χ1n) is 7.25. The molecule has 106 valence electrons. The normalized spacial score (nSPS) is 18.5. The van der Waals surface area contributed by atoms with Crippen molar-refractivity contribution in [3.8, 4) is 0 Å². The molecular formula is C16H23F2N. The number of rotatable bonds is 4. The van der Waals surface area contributed by atoms with Crippen molar-refractivity contribution in [1.82, 2.24) is 5.32 Å². The molecule has 3 heteroatoms. The summed E-state index contributed by atoms with van der Waals surface area (Å²) in [7, 11) is 1.79. The van der Waals surface area contributed by atoms with Gasteiger partial charge in [-0.05, 0) is 37.9 Å². The molecule has 0 amide bonds. The molecule has 1 aromatic rings. The minimum atomic E-state index is -0.432. The molecule has 0 spiro atoms. The lowest BCUT2D eigenvalue weighted by molar-refractivity contribution is 0.299. The second-order valence-electron chi connectivity index (χ2n) is 5.67. The smallest absolute Gasteiger partial charge is 0.133 e. The van der Waals surface area contributed by atoms with Crippen molar-refractivity contribution < 1.29 is 8.78 Å². The van der Waals surface area contributed by atoms with E-state index in [-0.39, 0.29) is 11.6 Å². The van der Waals surface area contributed by atoms with E-state index in [9.17, 15) is 8.78 Å². The Morgan fingerprint density at radius 2 is 1.89 bits per heavy atom. The molecule has 2 rings (SSSR count). The molecule has 1 nitrogen and oxygen atoms in total. The zero-order valence-electron chi connectivity index (χ0n) is 11.8. The summed E-state index contributed by atoms with van der Waals surface area (Å²) >= 11 is 0. The molecule has 0 aliphatic heterocycles. The molecule has 0 heterocycles. The maximum atomic E-state index is 14.2. The highest BCUT2D eigenvalue weighted by Crippen LogP contribution is 2.34.